The van der Waals surface area contributed by atoms with Gasteiger partial charge in [0.05, 0.1) is 5.56 Å². The zero-order valence-corrected chi connectivity index (χ0v) is 11.3. The summed E-state index contributed by atoms with van der Waals surface area (Å²) in [5, 5.41) is 12.6. The highest BCUT2D eigenvalue weighted by molar-refractivity contribution is 6.06. The van der Waals surface area contributed by atoms with Crippen molar-refractivity contribution in [1.29, 1.82) is 0 Å². The van der Waals surface area contributed by atoms with Crippen molar-refractivity contribution in [3.8, 4) is 5.75 Å². The number of aryl methyl sites for hydroxylation is 2. The SMILES string of the molecule is Cc1ccc(C(=O)Nc2cccc(C)c2C)c(O)c1. The molecule has 0 spiro atoms. The quantitative estimate of drug-likeness (QED) is 0.861. The number of hydrogen-bond acceptors (Lipinski definition) is 2. The molecule has 0 bridgehead atoms. The lowest BCUT2D eigenvalue weighted by Crippen LogP contribution is -2.13. The number of benzene rings is 2. The molecule has 0 aromatic heterocycles. The zero-order valence-electron chi connectivity index (χ0n) is 11.3. The molecule has 2 rings (SSSR count). The van der Waals surface area contributed by atoms with E-state index in [0.717, 1.165) is 22.4 Å². The van der Waals surface area contributed by atoms with Crippen LogP contribution in [0.5, 0.6) is 5.75 Å². The second-order valence-corrected chi connectivity index (χ2v) is 4.72. The number of aromatic hydroxyl groups is 1. The maximum absolute atomic E-state index is 12.1. The lowest BCUT2D eigenvalue weighted by Gasteiger charge is -2.11. The largest absolute Gasteiger partial charge is 0.507 e. The molecule has 0 atom stereocenters. The number of carbonyl (C=O) groups is 1. The third-order valence-electron chi connectivity index (χ3n) is 3.25. The Balaban J connectivity index is 2.28. The second kappa shape index (κ2) is 5.14. The Morgan fingerprint density at radius 1 is 1.11 bits per heavy atom. The van der Waals surface area contributed by atoms with Gasteiger partial charge in [-0.1, -0.05) is 18.2 Å². The van der Waals surface area contributed by atoms with Crippen molar-refractivity contribution in [2.24, 2.45) is 0 Å². The first-order chi connectivity index (χ1) is 8.99. The van der Waals surface area contributed by atoms with Gasteiger partial charge in [0, 0.05) is 5.69 Å². The first kappa shape index (κ1) is 13.1. The van der Waals surface area contributed by atoms with Gasteiger partial charge in [0.1, 0.15) is 5.75 Å². The summed E-state index contributed by atoms with van der Waals surface area (Å²) >= 11 is 0. The van der Waals surface area contributed by atoms with Crippen LogP contribution in [0, 0.1) is 20.8 Å². The molecule has 0 fully saturated rings. The standard InChI is InChI=1S/C16H17NO2/c1-10-7-8-13(15(18)9-10)16(19)17-14-6-4-5-11(2)12(14)3/h4-9,18H,1-3H3,(H,17,19). The van der Waals surface area contributed by atoms with Crippen molar-refractivity contribution in [1.82, 2.24) is 0 Å². The van der Waals surface area contributed by atoms with E-state index in [9.17, 15) is 9.90 Å². The minimum atomic E-state index is -0.300. The Hall–Kier alpha value is -2.29. The van der Waals surface area contributed by atoms with Crippen LogP contribution in [-0.2, 0) is 0 Å². The van der Waals surface area contributed by atoms with Crippen molar-refractivity contribution in [3.05, 3.63) is 58.7 Å². The number of rotatable bonds is 2. The van der Waals surface area contributed by atoms with Crippen LogP contribution < -0.4 is 5.32 Å². The van der Waals surface area contributed by atoms with Gasteiger partial charge in [-0.3, -0.25) is 4.79 Å². The fraction of sp³-hybridized carbons (Fsp3) is 0.188. The zero-order chi connectivity index (χ0) is 14.0. The van der Waals surface area contributed by atoms with E-state index < -0.39 is 0 Å². The van der Waals surface area contributed by atoms with E-state index in [2.05, 4.69) is 5.32 Å². The maximum Gasteiger partial charge on any atom is 0.259 e. The van der Waals surface area contributed by atoms with Crippen LogP contribution in [0.15, 0.2) is 36.4 Å². The van der Waals surface area contributed by atoms with Crippen molar-refractivity contribution in [2.45, 2.75) is 20.8 Å². The van der Waals surface area contributed by atoms with E-state index in [0.29, 0.717) is 0 Å². The molecule has 0 aliphatic rings. The van der Waals surface area contributed by atoms with Crippen LogP contribution >= 0.6 is 0 Å². The molecular weight excluding hydrogens is 238 g/mol. The van der Waals surface area contributed by atoms with Crippen LogP contribution in [0.1, 0.15) is 27.0 Å². The van der Waals surface area contributed by atoms with E-state index in [1.807, 2.05) is 39.0 Å². The van der Waals surface area contributed by atoms with E-state index in [4.69, 9.17) is 0 Å². The minimum Gasteiger partial charge on any atom is -0.507 e. The summed E-state index contributed by atoms with van der Waals surface area (Å²) in [5.41, 5.74) is 4.12. The van der Waals surface area contributed by atoms with Gasteiger partial charge >= 0.3 is 0 Å². The first-order valence-electron chi connectivity index (χ1n) is 6.16. The summed E-state index contributed by atoms with van der Waals surface area (Å²) in [4.78, 5) is 12.1. The summed E-state index contributed by atoms with van der Waals surface area (Å²) < 4.78 is 0. The van der Waals surface area contributed by atoms with Crippen molar-refractivity contribution in [2.75, 3.05) is 5.32 Å². The summed E-state index contributed by atoms with van der Waals surface area (Å²) in [6, 6.07) is 10.8. The number of anilines is 1. The number of phenols is 1. The number of amides is 1. The number of hydrogen-bond donors (Lipinski definition) is 2. The lowest BCUT2D eigenvalue weighted by molar-refractivity contribution is 0.102. The maximum atomic E-state index is 12.1. The molecule has 0 aliphatic heterocycles. The van der Waals surface area contributed by atoms with Gasteiger partial charge < -0.3 is 10.4 Å². The molecule has 2 N–H and O–H groups in total. The van der Waals surface area contributed by atoms with Gasteiger partial charge in [-0.15, -0.1) is 0 Å². The Kier molecular flexibility index (Phi) is 3.56. The lowest BCUT2D eigenvalue weighted by atomic mass is 10.1. The molecule has 2 aromatic carbocycles. The molecule has 0 radical (unpaired) electrons. The van der Waals surface area contributed by atoms with E-state index in [-0.39, 0.29) is 17.2 Å². The fourth-order valence-electron chi connectivity index (χ4n) is 1.91. The predicted octanol–water partition coefficient (Wildman–Crippen LogP) is 3.57. The Labute approximate surface area is 112 Å². The van der Waals surface area contributed by atoms with Gasteiger partial charge in [-0.25, -0.2) is 0 Å². The Bertz CT molecular complexity index is 633. The van der Waals surface area contributed by atoms with Crippen LogP contribution in [0.3, 0.4) is 0 Å². The fourth-order valence-corrected chi connectivity index (χ4v) is 1.91. The Morgan fingerprint density at radius 2 is 1.84 bits per heavy atom. The van der Waals surface area contributed by atoms with E-state index >= 15 is 0 Å². The molecule has 0 saturated heterocycles. The number of carbonyl (C=O) groups excluding carboxylic acids is 1. The molecule has 2 aromatic rings. The van der Waals surface area contributed by atoms with Gasteiger partial charge in [-0.2, -0.15) is 0 Å². The molecule has 0 unspecified atom stereocenters. The van der Waals surface area contributed by atoms with E-state index in [1.165, 1.54) is 0 Å². The van der Waals surface area contributed by atoms with Gasteiger partial charge in [-0.05, 0) is 55.7 Å². The molecule has 0 aliphatic carbocycles. The normalized spacial score (nSPS) is 10.3. The predicted molar refractivity (Wildman–Crippen MR) is 76.7 cm³/mol. The van der Waals surface area contributed by atoms with Crippen molar-refractivity contribution in [3.63, 3.8) is 0 Å². The first-order valence-corrected chi connectivity index (χ1v) is 6.16. The van der Waals surface area contributed by atoms with Crippen molar-refractivity contribution < 1.29 is 9.90 Å². The van der Waals surface area contributed by atoms with Crippen LogP contribution in [0.4, 0.5) is 5.69 Å². The average molecular weight is 255 g/mol. The van der Waals surface area contributed by atoms with Gasteiger partial charge in [0.15, 0.2) is 0 Å². The molecule has 3 heteroatoms. The topological polar surface area (TPSA) is 49.3 Å². The third-order valence-corrected chi connectivity index (χ3v) is 3.25. The molecule has 3 nitrogen and oxygen atoms in total. The minimum absolute atomic E-state index is 0.00260. The highest BCUT2D eigenvalue weighted by Gasteiger charge is 2.12. The van der Waals surface area contributed by atoms with Crippen LogP contribution in [0.25, 0.3) is 0 Å². The van der Waals surface area contributed by atoms with Gasteiger partial charge in [0.2, 0.25) is 0 Å². The summed E-state index contributed by atoms with van der Waals surface area (Å²) in [6.45, 7) is 5.82. The third kappa shape index (κ3) is 2.76. The summed E-state index contributed by atoms with van der Waals surface area (Å²) in [5.74, 6) is -0.297. The molecule has 0 saturated carbocycles. The molecule has 1 amide bonds. The monoisotopic (exact) mass is 255 g/mol. The second-order valence-electron chi connectivity index (χ2n) is 4.72. The molecular formula is C16H17NO2. The molecule has 19 heavy (non-hydrogen) atoms. The van der Waals surface area contributed by atoms with Crippen LogP contribution in [-0.4, -0.2) is 11.0 Å². The molecule has 0 heterocycles. The average Bonchev–Trinajstić information content (AvgIpc) is 2.34. The van der Waals surface area contributed by atoms with E-state index in [1.54, 1.807) is 18.2 Å². The highest BCUT2D eigenvalue weighted by Crippen LogP contribution is 2.22. The smallest absolute Gasteiger partial charge is 0.259 e. The highest BCUT2D eigenvalue weighted by atomic mass is 16.3. The van der Waals surface area contributed by atoms with Crippen molar-refractivity contribution >= 4 is 11.6 Å². The van der Waals surface area contributed by atoms with Gasteiger partial charge in [0.25, 0.3) is 5.91 Å². The van der Waals surface area contributed by atoms with Crippen LogP contribution in [0.2, 0.25) is 0 Å². The number of phenolic OH excluding ortho intramolecular Hbond substituents is 1. The number of nitrogens with one attached hydrogen (secondary N) is 1. The summed E-state index contributed by atoms with van der Waals surface area (Å²) in [6.07, 6.45) is 0. The summed E-state index contributed by atoms with van der Waals surface area (Å²) in [7, 11) is 0. The molecule has 98 valence electrons. The Morgan fingerprint density at radius 3 is 2.53 bits per heavy atom.